The van der Waals surface area contributed by atoms with Crippen molar-refractivity contribution in [1.82, 2.24) is 10.2 Å². The van der Waals surface area contributed by atoms with Crippen molar-refractivity contribution in [2.45, 2.75) is 52.1 Å². The minimum absolute atomic E-state index is 0.0152. The summed E-state index contributed by atoms with van der Waals surface area (Å²) in [4.78, 5) is 28.8. The van der Waals surface area contributed by atoms with Crippen LogP contribution in [0.5, 0.6) is 0 Å². The van der Waals surface area contributed by atoms with E-state index in [9.17, 15) is 22.4 Å². The molecular formula is C31H38FN3O4S. The summed E-state index contributed by atoms with van der Waals surface area (Å²) >= 11 is 0. The molecule has 0 aliphatic rings. The fourth-order valence-corrected chi connectivity index (χ4v) is 5.49. The van der Waals surface area contributed by atoms with E-state index in [2.05, 4.69) is 5.32 Å². The van der Waals surface area contributed by atoms with E-state index in [1.54, 1.807) is 11.0 Å². The average molecular weight is 568 g/mol. The molecule has 9 heteroatoms. The molecule has 2 amide bonds. The summed E-state index contributed by atoms with van der Waals surface area (Å²) < 4.78 is 40.4. The molecular weight excluding hydrogens is 529 g/mol. The summed E-state index contributed by atoms with van der Waals surface area (Å²) in [5.74, 6) is -1.18. The lowest BCUT2D eigenvalue weighted by Gasteiger charge is -2.32. The highest BCUT2D eigenvalue weighted by Gasteiger charge is 2.30. The van der Waals surface area contributed by atoms with Gasteiger partial charge in [-0.1, -0.05) is 73.7 Å². The zero-order valence-electron chi connectivity index (χ0n) is 23.3. The first-order valence-corrected chi connectivity index (χ1v) is 15.3. The van der Waals surface area contributed by atoms with Gasteiger partial charge in [0, 0.05) is 32.5 Å². The number of rotatable bonds is 14. The number of halogens is 1. The Hall–Kier alpha value is -3.72. The van der Waals surface area contributed by atoms with Gasteiger partial charge in [-0.05, 0) is 48.6 Å². The van der Waals surface area contributed by atoms with Crippen LogP contribution in [-0.2, 0) is 32.6 Å². The zero-order chi connectivity index (χ0) is 29.1. The van der Waals surface area contributed by atoms with Gasteiger partial charge in [0.2, 0.25) is 21.8 Å². The highest BCUT2D eigenvalue weighted by Crippen LogP contribution is 2.23. The molecule has 0 fully saturated rings. The number of benzene rings is 3. The molecule has 3 aromatic carbocycles. The van der Waals surface area contributed by atoms with Gasteiger partial charge in [-0.2, -0.15) is 0 Å². The van der Waals surface area contributed by atoms with E-state index in [0.717, 1.165) is 33.7 Å². The number of hydrogen-bond donors (Lipinski definition) is 1. The molecule has 0 aliphatic carbocycles. The molecule has 1 atom stereocenters. The molecule has 0 bridgehead atoms. The summed E-state index contributed by atoms with van der Waals surface area (Å²) in [5.41, 5.74) is 2.77. The maximum absolute atomic E-state index is 14.4. The second kappa shape index (κ2) is 14.6. The van der Waals surface area contributed by atoms with Gasteiger partial charge in [-0.25, -0.2) is 12.8 Å². The number of nitrogens with zero attached hydrogens (tertiary/aromatic N) is 2. The number of anilines is 1. The van der Waals surface area contributed by atoms with Crippen LogP contribution in [0.2, 0.25) is 0 Å². The Morgan fingerprint density at radius 1 is 0.950 bits per heavy atom. The molecule has 0 spiro atoms. The standard InChI is InChI=1S/C31H38FN3O4S/c1-4-20-33-31(37)29(22-25-14-6-5-7-15-25)34(23-26-16-9-8-13-24(26)2)30(36)19-12-21-35(40(3,38)39)28-18-11-10-17-27(28)32/h5-11,13-18,29H,4,12,19-23H2,1-3H3,(H,33,37)/t29-/m1/s1. The first-order valence-electron chi connectivity index (χ1n) is 13.5. The van der Waals surface area contributed by atoms with E-state index >= 15 is 0 Å². The second-order valence-electron chi connectivity index (χ2n) is 9.83. The van der Waals surface area contributed by atoms with Crippen LogP contribution in [0.1, 0.15) is 42.9 Å². The molecule has 0 unspecified atom stereocenters. The lowest BCUT2D eigenvalue weighted by Crippen LogP contribution is -2.50. The highest BCUT2D eigenvalue weighted by molar-refractivity contribution is 7.92. The van der Waals surface area contributed by atoms with Gasteiger partial charge >= 0.3 is 0 Å². The summed E-state index contributed by atoms with van der Waals surface area (Å²) in [6, 6.07) is 22.1. The van der Waals surface area contributed by atoms with Gasteiger partial charge < -0.3 is 10.2 Å². The van der Waals surface area contributed by atoms with E-state index < -0.39 is 21.9 Å². The molecule has 3 aromatic rings. The van der Waals surface area contributed by atoms with Crippen LogP contribution in [0, 0.1) is 12.7 Å². The highest BCUT2D eigenvalue weighted by atomic mass is 32.2. The third kappa shape index (κ3) is 8.64. The largest absolute Gasteiger partial charge is 0.354 e. The van der Waals surface area contributed by atoms with Crippen LogP contribution < -0.4 is 9.62 Å². The molecule has 0 heterocycles. The number of para-hydroxylation sites is 1. The Bertz CT molecular complexity index is 1380. The number of hydrogen-bond acceptors (Lipinski definition) is 4. The van der Waals surface area contributed by atoms with Crippen molar-refractivity contribution in [1.29, 1.82) is 0 Å². The van der Waals surface area contributed by atoms with Gasteiger partial charge in [-0.3, -0.25) is 13.9 Å². The molecule has 0 saturated carbocycles. The summed E-state index contributed by atoms with van der Waals surface area (Å²) in [6.07, 6.45) is 2.24. The van der Waals surface area contributed by atoms with E-state index in [1.807, 2.05) is 68.4 Å². The zero-order valence-corrected chi connectivity index (χ0v) is 24.2. The van der Waals surface area contributed by atoms with Gasteiger partial charge in [0.15, 0.2) is 0 Å². The van der Waals surface area contributed by atoms with Crippen molar-refractivity contribution >= 4 is 27.5 Å². The van der Waals surface area contributed by atoms with Crippen LogP contribution in [0.3, 0.4) is 0 Å². The average Bonchev–Trinajstić information content (AvgIpc) is 2.93. The first kappa shape index (κ1) is 30.8. The maximum Gasteiger partial charge on any atom is 0.243 e. The Balaban J connectivity index is 1.89. The predicted octanol–water partition coefficient (Wildman–Crippen LogP) is 4.85. The molecule has 0 aromatic heterocycles. The van der Waals surface area contributed by atoms with Crippen molar-refractivity contribution in [3.63, 3.8) is 0 Å². The minimum Gasteiger partial charge on any atom is -0.354 e. The number of aryl methyl sites for hydroxylation is 1. The van der Waals surface area contributed by atoms with Crippen LogP contribution in [0.4, 0.5) is 10.1 Å². The molecule has 214 valence electrons. The fraction of sp³-hybridized carbons (Fsp3) is 0.355. The first-order chi connectivity index (χ1) is 19.1. The van der Waals surface area contributed by atoms with Crippen molar-refractivity contribution in [3.8, 4) is 0 Å². The van der Waals surface area contributed by atoms with E-state index in [4.69, 9.17) is 0 Å². The molecule has 0 saturated heterocycles. The number of amides is 2. The SMILES string of the molecule is CCCNC(=O)[C@@H](Cc1ccccc1)N(Cc1ccccc1C)C(=O)CCCN(c1ccccc1F)S(C)(=O)=O. The molecule has 1 N–H and O–H groups in total. The lowest BCUT2D eigenvalue weighted by molar-refractivity contribution is -0.141. The topological polar surface area (TPSA) is 86.8 Å². The van der Waals surface area contributed by atoms with Crippen LogP contribution in [0.25, 0.3) is 0 Å². The number of carbonyl (C=O) groups is 2. The Kier molecular flexibility index (Phi) is 11.3. The Labute approximate surface area is 237 Å². The fourth-order valence-electron chi connectivity index (χ4n) is 4.53. The van der Waals surface area contributed by atoms with Gasteiger partial charge in [0.25, 0.3) is 0 Å². The van der Waals surface area contributed by atoms with Crippen molar-refractivity contribution in [3.05, 3.63) is 101 Å². The third-order valence-electron chi connectivity index (χ3n) is 6.70. The maximum atomic E-state index is 14.4. The summed E-state index contributed by atoms with van der Waals surface area (Å²) in [7, 11) is -3.79. The van der Waals surface area contributed by atoms with Crippen LogP contribution in [-0.4, -0.2) is 50.5 Å². The summed E-state index contributed by atoms with van der Waals surface area (Å²) in [6.45, 7) is 4.56. The van der Waals surface area contributed by atoms with E-state index in [1.165, 1.54) is 18.2 Å². The third-order valence-corrected chi connectivity index (χ3v) is 7.88. The van der Waals surface area contributed by atoms with Gasteiger partial charge in [-0.15, -0.1) is 0 Å². The van der Waals surface area contributed by atoms with E-state index in [-0.39, 0.29) is 43.4 Å². The van der Waals surface area contributed by atoms with Gasteiger partial charge in [0.05, 0.1) is 11.9 Å². The van der Waals surface area contributed by atoms with Crippen LogP contribution in [0.15, 0.2) is 78.9 Å². The molecule has 40 heavy (non-hydrogen) atoms. The molecule has 7 nitrogen and oxygen atoms in total. The lowest BCUT2D eigenvalue weighted by atomic mass is 10.0. The van der Waals surface area contributed by atoms with Crippen molar-refractivity contribution in [2.75, 3.05) is 23.7 Å². The molecule has 0 aliphatic heterocycles. The van der Waals surface area contributed by atoms with Crippen molar-refractivity contribution in [2.24, 2.45) is 0 Å². The van der Waals surface area contributed by atoms with Crippen LogP contribution >= 0.6 is 0 Å². The summed E-state index contributed by atoms with van der Waals surface area (Å²) in [5, 5.41) is 2.95. The monoisotopic (exact) mass is 567 g/mol. The van der Waals surface area contributed by atoms with Crippen molar-refractivity contribution < 1.29 is 22.4 Å². The number of carbonyl (C=O) groups excluding carboxylic acids is 2. The minimum atomic E-state index is -3.79. The Morgan fingerprint density at radius 3 is 2.25 bits per heavy atom. The molecule has 0 radical (unpaired) electrons. The number of sulfonamides is 1. The smallest absolute Gasteiger partial charge is 0.243 e. The quantitative estimate of drug-likeness (QED) is 0.302. The molecule has 3 rings (SSSR count). The second-order valence-corrected chi connectivity index (χ2v) is 11.7. The van der Waals surface area contributed by atoms with Gasteiger partial charge in [0.1, 0.15) is 11.9 Å². The Morgan fingerprint density at radius 2 is 1.60 bits per heavy atom. The normalized spacial score (nSPS) is 12.0. The predicted molar refractivity (Wildman–Crippen MR) is 157 cm³/mol. The number of nitrogens with one attached hydrogen (secondary N) is 1. The van der Waals surface area contributed by atoms with E-state index in [0.29, 0.717) is 13.0 Å².